The number of benzene rings is 2. The first-order valence-corrected chi connectivity index (χ1v) is 12.7. The van der Waals surface area contributed by atoms with Crippen LogP contribution >= 0.6 is 11.6 Å². The molecule has 2 aliphatic heterocycles. The Morgan fingerprint density at radius 2 is 1.73 bits per heavy atom. The molecule has 0 radical (unpaired) electrons. The molecule has 2 heterocycles. The first-order chi connectivity index (χ1) is 15.8. The van der Waals surface area contributed by atoms with E-state index in [9.17, 15) is 8.42 Å². The predicted molar refractivity (Wildman–Crippen MR) is 133 cm³/mol. The maximum absolute atomic E-state index is 13.0. The molecule has 8 nitrogen and oxygen atoms in total. The summed E-state index contributed by atoms with van der Waals surface area (Å²) in [7, 11) is -3.91. The van der Waals surface area contributed by atoms with E-state index in [-0.39, 0.29) is 17.7 Å². The van der Waals surface area contributed by atoms with Crippen molar-refractivity contribution in [2.45, 2.75) is 32.1 Å². The molecule has 0 bridgehead atoms. The first kappa shape index (κ1) is 23.4. The summed E-state index contributed by atoms with van der Waals surface area (Å²) in [6.07, 6.45) is 2.66. The second-order valence-electron chi connectivity index (χ2n) is 8.12. The van der Waals surface area contributed by atoms with E-state index in [4.69, 9.17) is 22.4 Å². The van der Waals surface area contributed by atoms with Crippen molar-refractivity contribution in [3.63, 3.8) is 0 Å². The monoisotopic (exact) mass is 486 g/mol. The van der Waals surface area contributed by atoms with Crippen molar-refractivity contribution in [2.24, 2.45) is 20.2 Å². The summed E-state index contributed by atoms with van der Waals surface area (Å²) < 4.78 is 31.5. The third-order valence-electron chi connectivity index (χ3n) is 5.60. The van der Waals surface area contributed by atoms with Crippen LogP contribution in [0.2, 0.25) is 5.02 Å². The van der Waals surface area contributed by atoms with Gasteiger partial charge in [0.05, 0.1) is 18.1 Å². The zero-order chi connectivity index (χ0) is 23.4. The maximum Gasteiger partial charge on any atom is 0.325 e. The molecule has 0 saturated carbocycles. The Hall–Kier alpha value is -2.75. The predicted octanol–water partition coefficient (Wildman–Crippen LogP) is 3.61. The van der Waals surface area contributed by atoms with E-state index in [0.717, 1.165) is 36.1 Å². The summed E-state index contributed by atoms with van der Waals surface area (Å²) in [5.74, 6) is 0.0583. The fourth-order valence-electron chi connectivity index (χ4n) is 3.99. The van der Waals surface area contributed by atoms with Crippen molar-refractivity contribution in [3.8, 4) is 0 Å². The number of nitrogens with zero attached hydrogens (tertiary/aromatic N) is 5. The summed E-state index contributed by atoms with van der Waals surface area (Å²) >= 11 is 6.08. The highest BCUT2D eigenvalue weighted by molar-refractivity contribution is 7.87. The van der Waals surface area contributed by atoms with E-state index in [1.54, 1.807) is 6.92 Å². The highest BCUT2D eigenvalue weighted by Crippen LogP contribution is 2.30. The molecule has 33 heavy (non-hydrogen) atoms. The van der Waals surface area contributed by atoms with Crippen molar-refractivity contribution in [1.82, 2.24) is 9.31 Å². The molecule has 10 heteroatoms. The summed E-state index contributed by atoms with van der Waals surface area (Å²) in [6, 6.07) is 17.4. The van der Waals surface area contributed by atoms with Crippen LogP contribution in [0, 0.1) is 0 Å². The lowest BCUT2D eigenvalue weighted by molar-refractivity contribution is 0.346. The number of amidine groups is 1. The summed E-state index contributed by atoms with van der Waals surface area (Å²) in [5.41, 5.74) is 8.57. The van der Waals surface area contributed by atoms with Gasteiger partial charge in [-0.15, -0.1) is 4.40 Å². The lowest BCUT2D eigenvalue weighted by Gasteiger charge is -2.24. The highest BCUT2D eigenvalue weighted by atomic mass is 35.5. The van der Waals surface area contributed by atoms with Gasteiger partial charge in [-0.25, -0.2) is 5.01 Å². The molecule has 2 N–H and O–H groups in total. The van der Waals surface area contributed by atoms with Gasteiger partial charge in [-0.3, -0.25) is 0 Å². The van der Waals surface area contributed by atoms with Crippen LogP contribution in [0.15, 0.2) is 69.1 Å². The van der Waals surface area contributed by atoms with Crippen molar-refractivity contribution in [2.75, 3.05) is 19.6 Å². The number of hydrazone groups is 1. The Bertz CT molecular complexity index is 1170. The quantitative estimate of drug-likeness (QED) is 0.526. The second-order valence-corrected chi connectivity index (χ2v) is 10.2. The van der Waals surface area contributed by atoms with Crippen LogP contribution in [-0.2, 0) is 10.2 Å². The number of rotatable bonds is 4. The Balaban J connectivity index is 1.75. The van der Waals surface area contributed by atoms with E-state index < -0.39 is 10.2 Å². The van der Waals surface area contributed by atoms with Crippen LogP contribution in [-0.4, -0.2) is 54.9 Å². The smallest absolute Gasteiger partial charge is 0.325 e. The van der Waals surface area contributed by atoms with E-state index in [1.165, 1.54) is 9.31 Å². The molecule has 0 amide bonds. The third kappa shape index (κ3) is 5.61. The molecule has 0 aliphatic carbocycles. The molecule has 1 saturated heterocycles. The standard InChI is InChI=1S/C23H27ClN6O2S/c1-17(25)26-23(28-33(31,32)29-14-6-3-7-15-29)30-16-21(18-8-4-2-5-9-18)22(27-30)19-10-12-20(24)13-11-19/h2,4-5,8-13,21H,3,6-7,14-16H2,1H3,(H2,25,26,28). The van der Waals surface area contributed by atoms with Gasteiger partial charge in [-0.1, -0.05) is 60.5 Å². The van der Waals surface area contributed by atoms with Gasteiger partial charge in [0.15, 0.2) is 0 Å². The lowest BCUT2D eigenvalue weighted by atomic mass is 9.91. The van der Waals surface area contributed by atoms with Gasteiger partial charge in [0.25, 0.3) is 5.96 Å². The summed E-state index contributed by atoms with van der Waals surface area (Å²) in [4.78, 5) is 4.25. The van der Waals surface area contributed by atoms with Crippen LogP contribution in [0.5, 0.6) is 0 Å². The second kappa shape index (κ2) is 10.0. The Kier molecular flexibility index (Phi) is 7.11. The van der Waals surface area contributed by atoms with Gasteiger partial charge in [0.1, 0.15) is 0 Å². The average molecular weight is 487 g/mol. The van der Waals surface area contributed by atoms with Crippen LogP contribution < -0.4 is 5.73 Å². The average Bonchev–Trinajstić information content (AvgIpc) is 3.25. The fourth-order valence-corrected chi connectivity index (χ4v) is 5.30. The zero-order valence-corrected chi connectivity index (χ0v) is 20.0. The molecule has 2 aliphatic rings. The van der Waals surface area contributed by atoms with Crippen LogP contribution in [0.4, 0.5) is 0 Å². The Labute approximate surface area is 199 Å². The molecule has 1 atom stereocenters. The summed E-state index contributed by atoms with van der Waals surface area (Å²) in [5, 5.41) is 6.91. The van der Waals surface area contributed by atoms with Crippen molar-refractivity contribution in [1.29, 1.82) is 0 Å². The Morgan fingerprint density at radius 3 is 2.36 bits per heavy atom. The molecule has 2 aromatic rings. The minimum absolute atomic E-state index is 0.0366. The number of aliphatic imine (C=N–C) groups is 1. The number of guanidine groups is 1. The number of hydrogen-bond donors (Lipinski definition) is 1. The van der Waals surface area contributed by atoms with Crippen LogP contribution in [0.25, 0.3) is 0 Å². The molecule has 1 fully saturated rings. The SMILES string of the molecule is CC(N)=NC(=NS(=O)(=O)N1CCCCC1)N1CC(c2ccccc2)C(c2ccc(Cl)cc2)=N1. The molecular formula is C23H27ClN6O2S. The number of halogens is 1. The topological polar surface area (TPSA) is 104 Å². The highest BCUT2D eigenvalue weighted by Gasteiger charge is 2.33. The molecule has 2 aromatic carbocycles. The summed E-state index contributed by atoms with van der Waals surface area (Å²) in [6.45, 7) is 2.89. The largest absolute Gasteiger partial charge is 0.387 e. The van der Waals surface area contributed by atoms with Crippen molar-refractivity contribution in [3.05, 3.63) is 70.7 Å². The van der Waals surface area contributed by atoms with Gasteiger partial charge < -0.3 is 5.73 Å². The van der Waals surface area contributed by atoms with E-state index in [0.29, 0.717) is 24.7 Å². The molecule has 1 unspecified atom stereocenters. The van der Waals surface area contributed by atoms with Crippen LogP contribution in [0.1, 0.15) is 43.2 Å². The normalized spacial score (nSPS) is 20.7. The van der Waals surface area contributed by atoms with Crippen LogP contribution in [0.3, 0.4) is 0 Å². The number of piperidine rings is 1. The van der Waals surface area contributed by atoms with E-state index in [1.807, 2.05) is 54.6 Å². The van der Waals surface area contributed by atoms with Gasteiger partial charge >= 0.3 is 10.2 Å². The number of hydrogen-bond acceptors (Lipinski definition) is 3. The Morgan fingerprint density at radius 1 is 1.06 bits per heavy atom. The lowest BCUT2D eigenvalue weighted by Crippen LogP contribution is -2.36. The number of nitrogens with two attached hydrogens (primary N) is 1. The molecule has 0 spiro atoms. The van der Waals surface area contributed by atoms with Crippen molar-refractivity contribution >= 4 is 39.3 Å². The zero-order valence-electron chi connectivity index (χ0n) is 18.4. The molecule has 0 aromatic heterocycles. The minimum atomic E-state index is -3.91. The fraction of sp³-hybridized carbons (Fsp3) is 0.348. The van der Waals surface area contributed by atoms with E-state index in [2.05, 4.69) is 9.39 Å². The molecule has 174 valence electrons. The minimum Gasteiger partial charge on any atom is -0.387 e. The van der Waals surface area contributed by atoms with Gasteiger partial charge in [-0.05, 0) is 43.0 Å². The van der Waals surface area contributed by atoms with E-state index >= 15 is 0 Å². The maximum atomic E-state index is 13.0. The van der Waals surface area contributed by atoms with Gasteiger partial charge in [0, 0.05) is 24.0 Å². The molecule has 4 rings (SSSR count). The van der Waals surface area contributed by atoms with Crippen molar-refractivity contribution < 1.29 is 8.42 Å². The molecular weight excluding hydrogens is 460 g/mol. The third-order valence-corrected chi connectivity index (χ3v) is 7.27. The first-order valence-electron chi connectivity index (χ1n) is 10.9. The van der Waals surface area contributed by atoms with Gasteiger partial charge in [-0.2, -0.15) is 22.8 Å². The van der Waals surface area contributed by atoms with Gasteiger partial charge in [0.2, 0.25) is 0 Å².